The molecule has 1 aromatic carbocycles. The van der Waals surface area contributed by atoms with Crippen LogP contribution >= 0.6 is 0 Å². The molecule has 2 rings (SSSR count). The zero-order valence-corrected chi connectivity index (χ0v) is 14.4. The zero-order valence-electron chi connectivity index (χ0n) is 13.4. The third-order valence-corrected chi connectivity index (χ3v) is 5.37. The van der Waals surface area contributed by atoms with Gasteiger partial charge in [0.2, 0.25) is 0 Å². The van der Waals surface area contributed by atoms with Gasteiger partial charge >= 0.3 is 0 Å². The van der Waals surface area contributed by atoms with Gasteiger partial charge in [0.15, 0.2) is 0 Å². The van der Waals surface area contributed by atoms with Crippen LogP contribution in [0.4, 0.5) is 0 Å². The predicted octanol–water partition coefficient (Wildman–Crippen LogP) is 4.94. The van der Waals surface area contributed by atoms with Gasteiger partial charge in [0.25, 0.3) is 0 Å². The van der Waals surface area contributed by atoms with E-state index in [1.807, 2.05) is 0 Å². The van der Waals surface area contributed by atoms with Crippen molar-refractivity contribution >= 4 is 8.07 Å². The molecule has 1 N–H and O–H groups in total. The van der Waals surface area contributed by atoms with Gasteiger partial charge in [0.1, 0.15) is 0 Å². The molecule has 0 radical (unpaired) electrons. The summed E-state index contributed by atoms with van der Waals surface area (Å²) in [5, 5.41) is 3.85. The van der Waals surface area contributed by atoms with Gasteiger partial charge in [-0.05, 0) is 31.2 Å². The third kappa shape index (κ3) is 4.60. The normalized spacial score (nSPS) is 25.2. The molecular formula is C18H29NSi. The Labute approximate surface area is 125 Å². The summed E-state index contributed by atoms with van der Waals surface area (Å²) in [6.45, 7) is 9.52. The van der Waals surface area contributed by atoms with E-state index in [2.05, 4.69) is 74.0 Å². The molecule has 20 heavy (non-hydrogen) atoms. The van der Waals surface area contributed by atoms with E-state index in [1.54, 1.807) is 0 Å². The van der Waals surface area contributed by atoms with Crippen molar-refractivity contribution in [3.05, 3.63) is 47.7 Å². The highest BCUT2D eigenvalue weighted by molar-refractivity contribution is 6.80. The molecule has 0 amide bonds. The van der Waals surface area contributed by atoms with Gasteiger partial charge in [0, 0.05) is 12.1 Å². The van der Waals surface area contributed by atoms with E-state index in [1.165, 1.54) is 24.8 Å². The largest absolute Gasteiger partial charge is 0.307 e. The Morgan fingerprint density at radius 1 is 1.15 bits per heavy atom. The molecule has 1 saturated carbocycles. The van der Waals surface area contributed by atoms with Gasteiger partial charge in [0.05, 0.1) is 8.07 Å². The molecule has 2 heteroatoms. The average Bonchev–Trinajstić information content (AvgIpc) is 2.84. The Bertz CT molecular complexity index is 432. The zero-order chi connectivity index (χ0) is 14.6. The van der Waals surface area contributed by atoms with Crippen LogP contribution < -0.4 is 5.32 Å². The molecular weight excluding hydrogens is 258 g/mol. The quantitative estimate of drug-likeness (QED) is 0.756. The number of hydrogen-bond donors (Lipinski definition) is 1. The summed E-state index contributed by atoms with van der Waals surface area (Å²) in [4.78, 5) is 0. The van der Waals surface area contributed by atoms with Crippen molar-refractivity contribution in [1.29, 1.82) is 0 Å². The molecule has 3 unspecified atom stereocenters. The summed E-state index contributed by atoms with van der Waals surface area (Å²) >= 11 is 0. The molecule has 0 bridgehead atoms. The molecule has 1 aliphatic carbocycles. The number of benzene rings is 1. The molecule has 0 aromatic heterocycles. The SMILES string of the molecule is CC(NC1CCCC1/C=C/[Si](C)(C)C)c1ccccc1. The van der Waals surface area contributed by atoms with Crippen LogP contribution in [-0.2, 0) is 0 Å². The lowest BCUT2D eigenvalue weighted by Gasteiger charge is -2.24. The van der Waals surface area contributed by atoms with Crippen molar-refractivity contribution < 1.29 is 0 Å². The Kier molecular flexibility index (Phi) is 5.22. The topological polar surface area (TPSA) is 12.0 Å². The van der Waals surface area contributed by atoms with Crippen molar-refractivity contribution in [1.82, 2.24) is 5.32 Å². The molecule has 0 saturated heterocycles. The lowest BCUT2D eigenvalue weighted by Crippen LogP contribution is -2.34. The predicted molar refractivity (Wildman–Crippen MR) is 91.6 cm³/mol. The van der Waals surface area contributed by atoms with Crippen molar-refractivity contribution in [2.75, 3.05) is 0 Å². The second-order valence-electron chi connectivity index (χ2n) is 7.23. The van der Waals surface area contributed by atoms with Gasteiger partial charge in [-0.2, -0.15) is 0 Å². The first-order valence-corrected chi connectivity index (χ1v) is 11.5. The first-order valence-electron chi connectivity index (χ1n) is 7.96. The minimum Gasteiger partial charge on any atom is -0.307 e. The van der Waals surface area contributed by atoms with E-state index in [9.17, 15) is 0 Å². The van der Waals surface area contributed by atoms with Crippen LogP contribution in [0.1, 0.15) is 37.8 Å². The van der Waals surface area contributed by atoms with Gasteiger partial charge in [-0.15, -0.1) is 0 Å². The van der Waals surface area contributed by atoms with Crippen LogP contribution in [0.5, 0.6) is 0 Å². The molecule has 0 aliphatic heterocycles. The van der Waals surface area contributed by atoms with E-state index >= 15 is 0 Å². The monoisotopic (exact) mass is 287 g/mol. The first kappa shape index (κ1) is 15.5. The lowest BCUT2D eigenvalue weighted by atomic mass is 10.0. The van der Waals surface area contributed by atoms with Crippen LogP contribution in [0.25, 0.3) is 0 Å². The number of hydrogen-bond acceptors (Lipinski definition) is 1. The van der Waals surface area contributed by atoms with E-state index in [4.69, 9.17) is 0 Å². The van der Waals surface area contributed by atoms with Crippen molar-refractivity contribution in [3.8, 4) is 0 Å². The van der Waals surface area contributed by atoms with Crippen LogP contribution in [-0.4, -0.2) is 14.1 Å². The van der Waals surface area contributed by atoms with Crippen LogP contribution in [0.3, 0.4) is 0 Å². The molecule has 1 aliphatic rings. The number of rotatable bonds is 5. The Morgan fingerprint density at radius 3 is 2.50 bits per heavy atom. The van der Waals surface area contributed by atoms with E-state index in [-0.39, 0.29) is 0 Å². The first-order chi connectivity index (χ1) is 9.46. The van der Waals surface area contributed by atoms with Gasteiger partial charge in [-0.3, -0.25) is 0 Å². The second kappa shape index (κ2) is 6.73. The maximum atomic E-state index is 3.85. The smallest absolute Gasteiger partial charge is 0.0683 e. The summed E-state index contributed by atoms with van der Waals surface area (Å²) in [5.41, 5.74) is 3.91. The average molecular weight is 288 g/mol. The van der Waals surface area contributed by atoms with Gasteiger partial charge in [-0.25, -0.2) is 0 Å². The molecule has 1 nitrogen and oxygen atoms in total. The maximum Gasteiger partial charge on any atom is 0.0683 e. The number of nitrogens with one attached hydrogen (secondary N) is 1. The van der Waals surface area contributed by atoms with Crippen LogP contribution in [0.2, 0.25) is 19.6 Å². The summed E-state index contributed by atoms with van der Waals surface area (Å²) in [5.74, 6) is 0.730. The minimum atomic E-state index is -1.07. The van der Waals surface area contributed by atoms with E-state index in [0.29, 0.717) is 12.1 Å². The summed E-state index contributed by atoms with van der Waals surface area (Å²) in [6, 6.07) is 11.9. The highest BCUT2D eigenvalue weighted by Crippen LogP contribution is 2.29. The Morgan fingerprint density at radius 2 is 1.85 bits per heavy atom. The summed E-state index contributed by atoms with van der Waals surface area (Å²) < 4.78 is 0. The third-order valence-electron chi connectivity index (χ3n) is 4.18. The van der Waals surface area contributed by atoms with Crippen molar-refractivity contribution in [2.45, 2.75) is 57.9 Å². The maximum absolute atomic E-state index is 3.85. The van der Waals surface area contributed by atoms with E-state index in [0.717, 1.165) is 5.92 Å². The fourth-order valence-electron chi connectivity index (χ4n) is 3.00. The van der Waals surface area contributed by atoms with Crippen molar-refractivity contribution in [2.24, 2.45) is 5.92 Å². The standard InChI is InChI=1S/C18H29NSi/c1-15(16-9-6-5-7-10-16)19-18-12-8-11-17(18)13-14-20(2,3)4/h5-7,9-10,13-15,17-19H,8,11-12H2,1-4H3/b14-13+. The summed E-state index contributed by atoms with van der Waals surface area (Å²) in [6.07, 6.45) is 6.53. The molecule has 1 aromatic rings. The molecule has 0 spiro atoms. The highest BCUT2D eigenvalue weighted by Gasteiger charge is 2.26. The van der Waals surface area contributed by atoms with Crippen LogP contribution in [0.15, 0.2) is 42.1 Å². The fraction of sp³-hybridized carbons (Fsp3) is 0.556. The highest BCUT2D eigenvalue weighted by atomic mass is 28.3. The fourth-order valence-corrected chi connectivity index (χ4v) is 3.82. The van der Waals surface area contributed by atoms with E-state index < -0.39 is 8.07 Å². The summed E-state index contributed by atoms with van der Waals surface area (Å²) in [7, 11) is -1.07. The minimum absolute atomic E-state index is 0.446. The molecule has 110 valence electrons. The molecule has 0 heterocycles. The van der Waals surface area contributed by atoms with Gasteiger partial charge < -0.3 is 5.32 Å². The Balaban J connectivity index is 1.96. The second-order valence-corrected chi connectivity index (χ2v) is 12.3. The Hall–Kier alpha value is -0.863. The van der Waals surface area contributed by atoms with Crippen LogP contribution in [0, 0.1) is 5.92 Å². The lowest BCUT2D eigenvalue weighted by molar-refractivity contribution is 0.412. The van der Waals surface area contributed by atoms with Crippen molar-refractivity contribution in [3.63, 3.8) is 0 Å². The molecule has 1 fully saturated rings. The van der Waals surface area contributed by atoms with Gasteiger partial charge in [-0.1, -0.05) is 68.2 Å². The molecule has 3 atom stereocenters.